The van der Waals surface area contributed by atoms with E-state index in [1.807, 2.05) is 6.92 Å². The monoisotopic (exact) mass is 207 g/mol. The van der Waals surface area contributed by atoms with Crippen LogP contribution in [0.3, 0.4) is 0 Å². The van der Waals surface area contributed by atoms with Crippen LogP contribution >= 0.6 is 0 Å². The first-order valence-corrected chi connectivity index (χ1v) is 4.89. The first-order chi connectivity index (χ1) is 7.31. The SMILES string of the molecule is CCn1ncnc1CC(O)c1ccco1. The molecule has 0 radical (unpaired) electrons. The topological polar surface area (TPSA) is 64.1 Å². The third-order valence-corrected chi connectivity index (χ3v) is 2.24. The molecule has 2 rings (SSSR count). The van der Waals surface area contributed by atoms with Gasteiger partial charge in [-0.2, -0.15) is 5.10 Å². The Kier molecular flexibility index (Phi) is 2.82. The summed E-state index contributed by atoms with van der Waals surface area (Å²) in [7, 11) is 0. The number of hydrogen-bond acceptors (Lipinski definition) is 4. The van der Waals surface area contributed by atoms with Crippen LogP contribution in [0.5, 0.6) is 0 Å². The van der Waals surface area contributed by atoms with E-state index in [1.165, 1.54) is 6.33 Å². The van der Waals surface area contributed by atoms with E-state index in [0.717, 1.165) is 12.4 Å². The van der Waals surface area contributed by atoms with E-state index in [4.69, 9.17) is 4.42 Å². The van der Waals surface area contributed by atoms with Crippen LogP contribution < -0.4 is 0 Å². The largest absolute Gasteiger partial charge is 0.467 e. The number of aliphatic hydroxyl groups is 1. The van der Waals surface area contributed by atoms with E-state index < -0.39 is 6.10 Å². The van der Waals surface area contributed by atoms with Gasteiger partial charge in [0.1, 0.15) is 24.0 Å². The fourth-order valence-corrected chi connectivity index (χ4v) is 1.46. The Morgan fingerprint density at radius 1 is 1.60 bits per heavy atom. The molecule has 0 saturated carbocycles. The highest BCUT2D eigenvalue weighted by Gasteiger charge is 2.14. The summed E-state index contributed by atoms with van der Waals surface area (Å²) in [6, 6.07) is 3.50. The zero-order chi connectivity index (χ0) is 10.7. The molecule has 0 aliphatic heterocycles. The van der Waals surface area contributed by atoms with Crippen molar-refractivity contribution in [1.82, 2.24) is 14.8 Å². The zero-order valence-corrected chi connectivity index (χ0v) is 8.50. The predicted molar refractivity (Wildman–Crippen MR) is 53.1 cm³/mol. The highest BCUT2D eigenvalue weighted by Crippen LogP contribution is 2.17. The molecule has 15 heavy (non-hydrogen) atoms. The summed E-state index contributed by atoms with van der Waals surface area (Å²) >= 11 is 0. The van der Waals surface area contributed by atoms with Crippen molar-refractivity contribution in [3.05, 3.63) is 36.3 Å². The minimum Gasteiger partial charge on any atom is -0.467 e. The van der Waals surface area contributed by atoms with Gasteiger partial charge in [-0.25, -0.2) is 4.98 Å². The lowest BCUT2D eigenvalue weighted by molar-refractivity contribution is 0.146. The number of aromatic nitrogens is 3. The Hall–Kier alpha value is -1.62. The normalized spacial score (nSPS) is 12.9. The molecule has 0 aliphatic rings. The molecule has 5 nitrogen and oxygen atoms in total. The number of nitrogens with zero attached hydrogens (tertiary/aromatic N) is 3. The van der Waals surface area contributed by atoms with Crippen LogP contribution in [0.2, 0.25) is 0 Å². The molecule has 0 amide bonds. The highest BCUT2D eigenvalue weighted by atomic mass is 16.4. The average Bonchev–Trinajstić information content (AvgIpc) is 2.87. The summed E-state index contributed by atoms with van der Waals surface area (Å²) in [5.74, 6) is 1.32. The predicted octanol–water partition coefficient (Wildman–Crippen LogP) is 1.17. The van der Waals surface area contributed by atoms with Crippen LogP contribution in [0.4, 0.5) is 0 Å². The van der Waals surface area contributed by atoms with Gasteiger partial charge in [0, 0.05) is 13.0 Å². The molecule has 0 saturated heterocycles. The maximum absolute atomic E-state index is 9.83. The van der Waals surface area contributed by atoms with Gasteiger partial charge in [0.25, 0.3) is 0 Å². The van der Waals surface area contributed by atoms with Crippen LogP contribution in [0, 0.1) is 0 Å². The van der Waals surface area contributed by atoms with E-state index in [9.17, 15) is 5.11 Å². The van der Waals surface area contributed by atoms with Crippen LogP contribution in [0.15, 0.2) is 29.1 Å². The minimum absolute atomic E-state index is 0.418. The Labute approximate surface area is 87.4 Å². The lowest BCUT2D eigenvalue weighted by Crippen LogP contribution is -2.08. The smallest absolute Gasteiger partial charge is 0.138 e. The first-order valence-electron chi connectivity index (χ1n) is 4.89. The van der Waals surface area contributed by atoms with E-state index in [0.29, 0.717) is 12.2 Å². The van der Waals surface area contributed by atoms with Crippen molar-refractivity contribution in [3.63, 3.8) is 0 Å². The molecular formula is C10H13N3O2. The molecular weight excluding hydrogens is 194 g/mol. The zero-order valence-electron chi connectivity index (χ0n) is 8.50. The van der Waals surface area contributed by atoms with Gasteiger partial charge in [0.05, 0.1) is 6.26 Å². The molecule has 1 unspecified atom stereocenters. The van der Waals surface area contributed by atoms with Gasteiger partial charge in [0.2, 0.25) is 0 Å². The second kappa shape index (κ2) is 4.27. The fourth-order valence-electron chi connectivity index (χ4n) is 1.46. The van der Waals surface area contributed by atoms with Gasteiger partial charge in [0.15, 0.2) is 0 Å². The molecule has 0 spiro atoms. The van der Waals surface area contributed by atoms with E-state index in [1.54, 1.807) is 23.1 Å². The summed E-state index contributed by atoms with van der Waals surface area (Å²) in [5, 5.41) is 13.9. The lowest BCUT2D eigenvalue weighted by atomic mass is 10.2. The van der Waals surface area contributed by atoms with E-state index in [-0.39, 0.29) is 0 Å². The molecule has 2 aromatic rings. The second-order valence-electron chi connectivity index (χ2n) is 3.23. The van der Waals surface area contributed by atoms with Crippen molar-refractivity contribution >= 4 is 0 Å². The van der Waals surface area contributed by atoms with E-state index in [2.05, 4.69) is 10.1 Å². The summed E-state index contributed by atoms with van der Waals surface area (Å²) in [5.41, 5.74) is 0. The van der Waals surface area contributed by atoms with Gasteiger partial charge in [-0.15, -0.1) is 0 Å². The Balaban J connectivity index is 2.09. The second-order valence-corrected chi connectivity index (χ2v) is 3.23. The summed E-state index contributed by atoms with van der Waals surface area (Å²) in [4.78, 5) is 4.09. The molecule has 0 fully saturated rings. The summed E-state index contributed by atoms with van der Waals surface area (Å²) in [6.07, 6.45) is 2.80. The number of aryl methyl sites for hydroxylation is 1. The first kappa shape index (κ1) is 9.92. The van der Waals surface area contributed by atoms with Crippen molar-refractivity contribution < 1.29 is 9.52 Å². The molecule has 0 aromatic carbocycles. The molecule has 80 valence electrons. The number of hydrogen-bond donors (Lipinski definition) is 1. The standard InChI is InChI=1S/C10H13N3O2/c1-2-13-10(11-7-12-13)6-8(14)9-4-3-5-15-9/h3-5,7-8,14H,2,6H2,1H3. The minimum atomic E-state index is -0.658. The highest BCUT2D eigenvalue weighted by molar-refractivity contribution is 5.04. The molecule has 2 aromatic heterocycles. The van der Waals surface area contributed by atoms with Crippen molar-refractivity contribution in [2.75, 3.05) is 0 Å². The molecule has 0 bridgehead atoms. The third kappa shape index (κ3) is 2.07. The van der Waals surface area contributed by atoms with Gasteiger partial charge in [-0.3, -0.25) is 4.68 Å². The van der Waals surface area contributed by atoms with Crippen LogP contribution in [0.1, 0.15) is 24.6 Å². The van der Waals surface area contributed by atoms with Crippen molar-refractivity contribution in [2.45, 2.75) is 26.0 Å². The van der Waals surface area contributed by atoms with Gasteiger partial charge >= 0.3 is 0 Å². The van der Waals surface area contributed by atoms with Crippen molar-refractivity contribution in [1.29, 1.82) is 0 Å². The van der Waals surface area contributed by atoms with Gasteiger partial charge in [-0.05, 0) is 19.1 Å². The Morgan fingerprint density at radius 2 is 2.47 bits per heavy atom. The van der Waals surface area contributed by atoms with Crippen molar-refractivity contribution in [3.8, 4) is 0 Å². The third-order valence-electron chi connectivity index (χ3n) is 2.24. The van der Waals surface area contributed by atoms with Crippen LogP contribution in [0.25, 0.3) is 0 Å². The van der Waals surface area contributed by atoms with Crippen LogP contribution in [-0.4, -0.2) is 19.9 Å². The summed E-state index contributed by atoms with van der Waals surface area (Å²) < 4.78 is 6.87. The Morgan fingerprint density at radius 3 is 3.13 bits per heavy atom. The van der Waals surface area contributed by atoms with E-state index >= 15 is 0 Å². The Bertz CT molecular complexity index is 408. The fraction of sp³-hybridized carbons (Fsp3) is 0.400. The van der Waals surface area contributed by atoms with Crippen LogP contribution in [-0.2, 0) is 13.0 Å². The maximum Gasteiger partial charge on any atom is 0.138 e. The number of furan rings is 1. The van der Waals surface area contributed by atoms with Gasteiger partial charge in [-0.1, -0.05) is 0 Å². The van der Waals surface area contributed by atoms with Crippen molar-refractivity contribution in [2.24, 2.45) is 0 Å². The molecule has 5 heteroatoms. The molecule has 0 aliphatic carbocycles. The number of rotatable bonds is 4. The average molecular weight is 207 g/mol. The van der Waals surface area contributed by atoms with Gasteiger partial charge < -0.3 is 9.52 Å². The summed E-state index contributed by atoms with van der Waals surface area (Å²) in [6.45, 7) is 2.73. The lowest BCUT2D eigenvalue weighted by Gasteiger charge is -2.07. The quantitative estimate of drug-likeness (QED) is 0.817. The molecule has 2 heterocycles. The maximum atomic E-state index is 9.83. The molecule has 1 atom stereocenters. The molecule has 1 N–H and O–H groups in total. The number of aliphatic hydroxyl groups excluding tert-OH is 1.